The average Bonchev–Trinajstić information content (AvgIpc) is 2.84. The zero-order valence-electron chi connectivity index (χ0n) is 18.8. The minimum absolute atomic E-state index is 0.0888. The number of nitrogens with one attached hydrogen (secondary N) is 1. The second kappa shape index (κ2) is 11.2. The highest BCUT2D eigenvalue weighted by molar-refractivity contribution is 7.89. The minimum Gasteiger partial charge on any atom is -0.495 e. The summed E-state index contributed by atoms with van der Waals surface area (Å²) in [4.78, 5) is 27.9. The smallest absolute Gasteiger partial charge is 0.409 e. The monoisotopic (exact) mass is 475 g/mol. The normalized spacial score (nSPS) is 14.1. The summed E-state index contributed by atoms with van der Waals surface area (Å²) < 4.78 is 38.7. The Labute approximate surface area is 194 Å². The predicted octanol–water partition coefficient (Wildman–Crippen LogP) is 2.13. The van der Waals surface area contributed by atoms with Crippen LogP contribution in [0.25, 0.3) is 0 Å². The summed E-state index contributed by atoms with van der Waals surface area (Å²) in [7, 11) is -2.52. The molecule has 0 atom stereocenters. The molecule has 2 amide bonds. The molecule has 1 N–H and O–H groups in total. The van der Waals surface area contributed by atoms with Gasteiger partial charge >= 0.3 is 6.09 Å². The Morgan fingerprint density at radius 1 is 1.00 bits per heavy atom. The zero-order valence-corrected chi connectivity index (χ0v) is 19.6. The van der Waals surface area contributed by atoms with Crippen LogP contribution >= 0.6 is 0 Å². The van der Waals surface area contributed by atoms with E-state index in [0.717, 1.165) is 5.56 Å². The molecule has 10 heteroatoms. The van der Waals surface area contributed by atoms with Crippen LogP contribution in [0.2, 0.25) is 0 Å². The van der Waals surface area contributed by atoms with Crippen LogP contribution in [0.15, 0.2) is 53.4 Å². The Bertz CT molecular complexity index is 1070. The average molecular weight is 476 g/mol. The van der Waals surface area contributed by atoms with E-state index >= 15 is 0 Å². The molecule has 178 valence electrons. The quantitative estimate of drug-likeness (QED) is 0.627. The molecule has 0 spiro atoms. The second-order valence-electron chi connectivity index (χ2n) is 7.48. The highest BCUT2D eigenvalue weighted by Crippen LogP contribution is 2.26. The summed E-state index contributed by atoms with van der Waals surface area (Å²) in [5, 5.41) is 0. The van der Waals surface area contributed by atoms with Crippen molar-refractivity contribution in [1.29, 1.82) is 0 Å². The summed E-state index contributed by atoms with van der Waals surface area (Å²) in [6.07, 6.45) is 0.134. The fourth-order valence-corrected chi connectivity index (χ4v) is 4.79. The van der Waals surface area contributed by atoms with Gasteiger partial charge < -0.3 is 19.3 Å². The van der Waals surface area contributed by atoms with Crippen molar-refractivity contribution in [1.82, 2.24) is 14.5 Å². The van der Waals surface area contributed by atoms with Crippen molar-refractivity contribution in [3.05, 3.63) is 59.7 Å². The van der Waals surface area contributed by atoms with Crippen molar-refractivity contribution >= 4 is 22.0 Å². The number of carbonyl (C=O) groups is 2. The van der Waals surface area contributed by atoms with Crippen LogP contribution in [0.5, 0.6) is 5.75 Å². The number of piperazine rings is 1. The van der Waals surface area contributed by atoms with Gasteiger partial charge in [0.05, 0.1) is 13.7 Å². The van der Waals surface area contributed by atoms with Crippen molar-refractivity contribution in [2.75, 3.05) is 46.4 Å². The summed E-state index contributed by atoms with van der Waals surface area (Å²) >= 11 is 0. The first-order valence-corrected chi connectivity index (χ1v) is 12.3. The van der Waals surface area contributed by atoms with Crippen molar-refractivity contribution < 1.29 is 27.5 Å². The Morgan fingerprint density at radius 3 is 2.30 bits per heavy atom. The number of rotatable bonds is 8. The predicted molar refractivity (Wildman–Crippen MR) is 123 cm³/mol. The van der Waals surface area contributed by atoms with E-state index in [1.54, 1.807) is 22.8 Å². The number of nitrogens with zero attached hydrogens (tertiary/aromatic N) is 2. The number of benzene rings is 2. The first-order valence-electron chi connectivity index (χ1n) is 10.8. The zero-order chi connectivity index (χ0) is 23.8. The maximum Gasteiger partial charge on any atom is 0.409 e. The molecule has 3 rings (SSSR count). The van der Waals surface area contributed by atoms with Crippen molar-refractivity contribution in [2.45, 2.75) is 18.2 Å². The van der Waals surface area contributed by atoms with Crippen molar-refractivity contribution in [3.63, 3.8) is 0 Å². The number of hydrogen-bond acceptors (Lipinski definition) is 6. The molecule has 1 aliphatic heterocycles. The fraction of sp³-hybridized carbons (Fsp3) is 0.391. The van der Waals surface area contributed by atoms with Gasteiger partial charge in [0.15, 0.2) is 0 Å². The molecule has 0 unspecified atom stereocenters. The lowest BCUT2D eigenvalue weighted by Crippen LogP contribution is -2.50. The fourth-order valence-electron chi connectivity index (χ4n) is 3.56. The molecule has 33 heavy (non-hydrogen) atoms. The van der Waals surface area contributed by atoms with E-state index in [0.29, 0.717) is 39.2 Å². The minimum atomic E-state index is -3.90. The van der Waals surface area contributed by atoms with Gasteiger partial charge in [-0.2, -0.15) is 0 Å². The Morgan fingerprint density at radius 2 is 1.67 bits per heavy atom. The van der Waals surface area contributed by atoms with E-state index in [1.165, 1.54) is 19.2 Å². The highest BCUT2D eigenvalue weighted by Gasteiger charge is 2.27. The molecule has 1 saturated heterocycles. The van der Waals surface area contributed by atoms with Crippen molar-refractivity contribution in [2.24, 2.45) is 0 Å². The molecule has 0 saturated carbocycles. The molecule has 0 aromatic heterocycles. The molecular weight excluding hydrogens is 446 g/mol. The van der Waals surface area contributed by atoms with Crippen LogP contribution in [0.1, 0.15) is 22.8 Å². The third-order valence-corrected chi connectivity index (χ3v) is 6.82. The van der Waals surface area contributed by atoms with Gasteiger partial charge in [-0.05, 0) is 37.1 Å². The van der Waals surface area contributed by atoms with Gasteiger partial charge in [0.1, 0.15) is 10.6 Å². The molecule has 2 aromatic carbocycles. The van der Waals surface area contributed by atoms with E-state index in [4.69, 9.17) is 9.47 Å². The third kappa shape index (κ3) is 6.23. The number of ether oxygens (including phenoxy) is 2. The summed E-state index contributed by atoms with van der Waals surface area (Å²) in [5.74, 6) is -0.146. The van der Waals surface area contributed by atoms with Crippen LogP contribution in [0.3, 0.4) is 0 Å². The SMILES string of the molecule is CCOC(=O)N1CCN(C(=O)c2ccc(OC)c(S(=O)(=O)NCCc3ccccc3)c2)CC1. The number of sulfonamides is 1. The lowest BCUT2D eigenvalue weighted by atomic mass is 10.1. The molecule has 1 fully saturated rings. The maximum atomic E-state index is 13.0. The number of amides is 2. The standard InChI is InChI=1S/C23H29N3O6S/c1-3-32-23(28)26-15-13-25(14-16-26)22(27)19-9-10-20(31-2)21(17-19)33(29,30)24-12-11-18-7-5-4-6-8-18/h4-10,17,24H,3,11-16H2,1-2H3. The molecule has 0 aliphatic carbocycles. The Kier molecular flexibility index (Phi) is 8.29. The molecule has 0 bridgehead atoms. The first kappa shape index (κ1) is 24.5. The highest BCUT2D eigenvalue weighted by atomic mass is 32.2. The van der Waals surface area contributed by atoms with Gasteiger partial charge in [-0.3, -0.25) is 4.79 Å². The second-order valence-corrected chi connectivity index (χ2v) is 9.21. The number of carbonyl (C=O) groups excluding carboxylic acids is 2. The van der Waals surface area contributed by atoms with E-state index in [9.17, 15) is 18.0 Å². The van der Waals surface area contributed by atoms with Crippen LogP contribution in [0.4, 0.5) is 4.79 Å². The van der Waals surface area contributed by atoms with Gasteiger partial charge in [-0.15, -0.1) is 0 Å². The van der Waals surface area contributed by atoms with Gasteiger partial charge in [-0.1, -0.05) is 30.3 Å². The maximum absolute atomic E-state index is 13.0. The Hall–Kier alpha value is -3.11. The molecule has 1 heterocycles. The van der Waals surface area contributed by atoms with E-state index in [1.807, 2.05) is 30.3 Å². The lowest BCUT2D eigenvalue weighted by molar-refractivity contribution is 0.0570. The molecule has 1 aliphatic rings. The van der Waals surface area contributed by atoms with E-state index in [2.05, 4.69) is 4.72 Å². The number of hydrogen-bond donors (Lipinski definition) is 1. The molecule has 9 nitrogen and oxygen atoms in total. The van der Waals surface area contributed by atoms with Gasteiger partial charge in [0.25, 0.3) is 5.91 Å². The summed E-state index contributed by atoms with van der Waals surface area (Å²) in [6.45, 7) is 3.62. The first-order chi connectivity index (χ1) is 15.9. The van der Waals surface area contributed by atoms with Crippen LogP contribution in [0, 0.1) is 0 Å². The molecule has 2 aromatic rings. The van der Waals surface area contributed by atoms with Crippen LogP contribution < -0.4 is 9.46 Å². The third-order valence-electron chi connectivity index (χ3n) is 5.34. The summed E-state index contributed by atoms with van der Waals surface area (Å²) in [6, 6.07) is 13.9. The largest absolute Gasteiger partial charge is 0.495 e. The van der Waals surface area contributed by atoms with Crippen LogP contribution in [-0.4, -0.2) is 76.7 Å². The molecule has 0 radical (unpaired) electrons. The van der Waals surface area contributed by atoms with Crippen molar-refractivity contribution in [3.8, 4) is 5.75 Å². The Balaban J connectivity index is 1.69. The topological polar surface area (TPSA) is 105 Å². The number of methoxy groups -OCH3 is 1. The van der Waals surface area contributed by atoms with E-state index < -0.39 is 16.1 Å². The van der Waals surface area contributed by atoms with Gasteiger partial charge in [0, 0.05) is 38.3 Å². The lowest BCUT2D eigenvalue weighted by Gasteiger charge is -2.34. The molecular formula is C23H29N3O6S. The van der Waals surface area contributed by atoms with Gasteiger partial charge in [0.2, 0.25) is 10.0 Å². The van der Waals surface area contributed by atoms with Crippen LogP contribution in [-0.2, 0) is 21.2 Å². The summed E-state index contributed by atoms with van der Waals surface area (Å²) in [5.41, 5.74) is 1.25. The van der Waals surface area contributed by atoms with Gasteiger partial charge in [-0.25, -0.2) is 17.9 Å². The van der Waals surface area contributed by atoms with E-state index in [-0.39, 0.29) is 28.7 Å².